The number of carbonyl (C=O) groups is 3. The molecule has 2 amide bonds. The third-order valence-electron chi connectivity index (χ3n) is 7.20. The Hall–Kier alpha value is -5.00. The van der Waals surface area contributed by atoms with Crippen molar-refractivity contribution in [2.75, 3.05) is 19.7 Å². The van der Waals surface area contributed by atoms with Crippen molar-refractivity contribution in [3.63, 3.8) is 0 Å². The Balaban J connectivity index is 1.12. The van der Waals surface area contributed by atoms with Crippen molar-refractivity contribution in [1.29, 1.82) is 0 Å². The summed E-state index contributed by atoms with van der Waals surface area (Å²) in [6, 6.07) is 13.9. The molecule has 0 fully saturated rings. The minimum atomic E-state index is -4.13. The highest BCUT2D eigenvalue weighted by atomic mass is 19.2. The quantitative estimate of drug-likeness (QED) is 0.151. The van der Waals surface area contributed by atoms with Gasteiger partial charge in [0.2, 0.25) is 5.91 Å². The summed E-state index contributed by atoms with van der Waals surface area (Å²) in [4.78, 5) is 36.8. The van der Waals surface area contributed by atoms with Crippen LogP contribution in [0.2, 0.25) is 0 Å². The number of fused-ring (bicyclic) bond motifs is 2. The number of allylic oxidation sites excluding steroid dienone is 2. The number of benzene rings is 1. The lowest BCUT2D eigenvalue weighted by molar-refractivity contribution is -0.360. The SMILES string of the molecule is O=CCNC(=O)CCCCCNC(=O)COc1ccc(/C=C/c2ccc3n2[B-](F)(F)[N+]2=C(c4ccc[nH]4)C=CC2=C3)cc1. The molecule has 9 nitrogen and oxygen atoms in total. The third kappa shape index (κ3) is 6.91. The van der Waals surface area contributed by atoms with Gasteiger partial charge in [0.25, 0.3) is 5.91 Å². The molecule has 0 radical (unpaired) electrons. The van der Waals surface area contributed by atoms with Crippen molar-refractivity contribution in [3.8, 4) is 5.75 Å². The van der Waals surface area contributed by atoms with Crippen LogP contribution in [0.15, 0.2) is 72.6 Å². The Morgan fingerprint density at radius 1 is 0.977 bits per heavy atom. The van der Waals surface area contributed by atoms with E-state index in [-0.39, 0.29) is 25.0 Å². The molecule has 0 saturated carbocycles. The molecule has 12 heteroatoms. The van der Waals surface area contributed by atoms with E-state index >= 15 is 8.63 Å². The number of aldehydes is 1. The van der Waals surface area contributed by atoms with E-state index in [1.54, 1.807) is 85.1 Å². The molecule has 3 aromatic rings. The molecule has 43 heavy (non-hydrogen) atoms. The fraction of sp³-hybridized carbons (Fsp3) is 0.226. The lowest BCUT2D eigenvalue weighted by atomic mass is 9.90. The van der Waals surface area contributed by atoms with Gasteiger partial charge in [-0.1, -0.05) is 24.6 Å². The number of aromatic amines is 1. The van der Waals surface area contributed by atoms with Crippen LogP contribution in [0, 0.1) is 0 Å². The van der Waals surface area contributed by atoms with Crippen LogP contribution in [-0.2, 0) is 14.4 Å². The molecule has 2 aliphatic rings. The molecule has 1 aromatic carbocycles. The highest BCUT2D eigenvalue weighted by molar-refractivity contribution is 6.58. The number of ether oxygens (including phenoxy) is 1. The van der Waals surface area contributed by atoms with E-state index in [0.29, 0.717) is 59.9 Å². The smallest absolute Gasteiger partial charge is 0.484 e. The summed E-state index contributed by atoms with van der Waals surface area (Å²) < 4.78 is 39.6. The van der Waals surface area contributed by atoms with E-state index in [1.807, 2.05) is 0 Å². The van der Waals surface area contributed by atoms with Crippen LogP contribution in [0.4, 0.5) is 8.63 Å². The number of amides is 2. The molecule has 0 atom stereocenters. The molecule has 222 valence electrons. The van der Waals surface area contributed by atoms with Gasteiger partial charge in [-0.05, 0) is 60.9 Å². The molecule has 5 rings (SSSR count). The zero-order valence-corrected chi connectivity index (χ0v) is 23.5. The first-order chi connectivity index (χ1) is 20.9. The average Bonchev–Trinajstić information content (AvgIpc) is 3.77. The van der Waals surface area contributed by atoms with Crippen LogP contribution in [0.3, 0.4) is 0 Å². The molecule has 0 bridgehead atoms. The second-order valence-corrected chi connectivity index (χ2v) is 10.2. The van der Waals surface area contributed by atoms with Crippen molar-refractivity contribution in [3.05, 3.63) is 95.2 Å². The maximum Gasteiger partial charge on any atom is 0.737 e. The zero-order valence-electron chi connectivity index (χ0n) is 23.5. The first-order valence-electron chi connectivity index (χ1n) is 14.2. The van der Waals surface area contributed by atoms with Gasteiger partial charge in [0.15, 0.2) is 18.0 Å². The monoisotopic (exact) mass is 587 g/mol. The van der Waals surface area contributed by atoms with Gasteiger partial charge in [0.05, 0.1) is 6.54 Å². The van der Waals surface area contributed by atoms with Crippen LogP contribution < -0.4 is 15.4 Å². The molecule has 2 aliphatic heterocycles. The van der Waals surface area contributed by atoms with Gasteiger partial charge in [-0.3, -0.25) is 9.59 Å². The molecule has 4 heterocycles. The third-order valence-corrected chi connectivity index (χ3v) is 7.20. The number of nitrogens with zero attached hydrogens (tertiary/aromatic N) is 2. The summed E-state index contributed by atoms with van der Waals surface area (Å²) in [5, 5.41) is 5.26. The summed E-state index contributed by atoms with van der Waals surface area (Å²) >= 11 is 0. The van der Waals surface area contributed by atoms with Crippen molar-refractivity contribution in [2.24, 2.45) is 0 Å². The molecule has 0 saturated heterocycles. The van der Waals surface area contributed by atoms with Crippen molar-refractivity contribution >= 4 is 49.0 Å². The van der Waals surface area contributed by atoms with Gasteiger partial charge in [-0.15, -0.1) is 0 Å². The Kier molecular flexibility index (Phi) is 9.14. The van der Waals surface area contributed by atoms with Crippen LogP contribution in [0.1, 0.15) is 48.3 Å². The topological polar surface area (TPSA) is 108 Å². The molecular formula is C31H32BF2N5O4. The highest BCUT2D eigenvalue weighted by Gasteiger charge is 2.52. The maximum atomic E-state index is 15.9. The predicted octanol–water partition coefficient (Wildman–Crippen LogP) is 4.01. The van der Waals surface area contributed by atoms with Gasteiger partial charge in [0.1, 0.15) is 17.7 Å². The number of H-pyrrole nitrogens is 1. The fourth-order valence-electron chi connectivity index (χ4n) is 5.11. The van der Waals surface area contributed by atoms with E-state index in [0.717, 1.165) is 27.4 Å². The Morgan fingerprint density at radius 3 is 2.58 bits per heavy atom. The number of hydrogen-bond acceptors (Lipinski definition) is 4. The van der Waals surface area contributed by atoms with E-state index in [9.17, 15) is 14.4 Å². The van der Waals surface area contributed by atoms with E-state index in [1.165, 1.54) is 0 Å². The molecule has 2 aromatic heterocycles. The zero-order chi connectivity index (χ0) is 30.2. The summed E-state index contributed by atoms with van der Waals surface area (Å²) in [6.07, 6.45) is 13.5. The van der Waals surface area contributed by atoms with E-state index in [4.69, 9.17) is 4.74 Å². The molecule has 0 unspecified atom stereocenters. The molecular weight excluding hydrogens is 555 g/mol. The summed E-state index contributed by atoms with van der Waals surface area (Å²) in [7, 11) is 0. The number of unbranched alkanes of at least 4 members (excludes halogenated alkanes) is 2. The second-order valence-electron chi connectivity index (χ2n) is 10.2. The second kappa shape index (κ2) is 13.3. The molecule has 0 spiro atoms. The van der Waals surface area contributed by atoms with Crippen LogP contribution >= 0.6 is 0 Å². The van der Waals surface area contributed by atoms with Crippen molar-refractivity contribution < 1.29 is 32.2 Å². The van der Waals surface area contributed by atoms with Gasteiger partial charge >= 0.3 is 6.97 Å². The Bertz CT molecular complexity index is 1600. The number of hydrogen-bond donors (Lipinski definition) is 3. The summed E-state index contributed by atoms with van der Waals surface area (Å²) in [6.45, 7) is -3.77. The highest BCUT2D eigenvalue weighted by Crippen LogP contribution is 2.34. The number of halogens is 2. The number of carbonyl (C=O) groups excluding carboxylic acids is 3. The number of rotatable bonds is 14. The number of nitrogens with one attached hydrogen (secondary N) is 3. The van der Waals surface area contributed by atoms with Crippen molar-refractivity contribution in [2.45, 2.75) is 25.7 Å². The standard InChI is InChI=1S/C31H32BF2N5O4/c33-32(34)38-24(11-12-25(38)21-26-13-16-29(39(26)32)28-5-4-18-35-28)10-7-23-8-14-27(15-9-23)43-22-31(42)36-17-3-1-2-6-30(41)37-19-20-40/h4-5,7-16,18,20-21,35H,1-3,6,17,19,22H2,(H,36,42)(H,37,41)/b10-7+. The Labute approximate surface area is 247 Å². The van der Waals surface area contributed by atoms with Crippen LogP contribution in [-0.4, -0.2) is 64.4 Å². The summed E-state index contributed by atoms with van der Waals surface area (Å²) in [5.41, 5.74) is 3.11. The van der Waals surface area contributed by atoms with Gasteiger partial charge in [0, 0.05) is 48.8 Å². The number of aromatic nitrogens is 2. The minimum absolute atomic E-state index is 0.0250. The lowest BCUT2D eigenvalue weighted by Gasteiger charge is -2.30. The van der Waals surface area contributed by atoms with Crippen LogP contribution in [0.25, 0.3) is 18.2 Å². The maximum absolute atomic E-state index is 15.9. The normalized spacial score (nSPS) is 14.8. The van der Waals surface area contributed by atoms with Gasteiger partial charge in [-0.2, -0.15) is 0 Å². The van der Waals surface area contributed by atoms with Crippen LogP contribution in [0.5, 0.6) is 5.75 Å². The first kappa shape index (κ1) is 29.5. The lowest BCUT2D eigenvalue weighted by Crippen LogP contribution is -2.50. The molecule has 3 N–H and O–H groups in total. The molecule has 0 aliphatic carbocycles. The van der Waals surface area contributed by atoms with E-state index < -0.39 is 6.97 Å². The minimum Gasteiger partial charge on any atom is -0.484 e. The predicted molar refractivity (Wildman–Crippen MR) is 161 cm³/mol. The van der Waals surface area contributed by atoms with Gasteiger partial charge in [-0.25, -0.2) is 0 Å². The summed E-state index contributed by atoms with van der Waals surface area (Å²) in [5.74, 6) is 0.0969. The fourth-order valence-corrected chi connectivity index (χ4v) is 5.11. The van der Waals surface area contributed by atoms with Gasteiger partial charge < -0.3 is 42.7 Å². The van der Waals surface area contributed by atoms with E-state index in [2.05, 4.69) is 15.6 Å². The Morgan fingerprint density at radius 2 is 1.81 bits per heavy atom. The first-order valence-corrected chi connectivity index (χ1v) is 14.2. The average molecular weight is 587 g/mol. The van der Waals surface area contributed by atoms with Crippen molar-refractivity contribution in [1.82, 2.24) is 20.1 Å². The largest absolute Gasteiger partial charge is 0.737 e.